The lowest BCUT2D eigenvalue weighted by Gasteiger charge is -2.11. The van der Waals surface area contributed by atoms with Crippen molar-refractivity contribution in [2.45, 2.75) is 13.8 Å². The largest absolute Gasteiger partial charge is 0.490 e. The summed E-state index contributed by atoms with van der Waals surface area (Å²) in [6, 6.07) is 12.0. The normalized spacial score (nSPS) is 11.5. The average Bonchev–Trinajstić information content (AvgIpc) is 2.87. The number of hydrogen-bond acceptors (Lipinski definition) is 4. The summed E-state index contributed by atoms with van der Waals surface area (Å²) in [7, 11) is 2.02. The van der Waals surface area contributed by atoms with Crippen LogP contribution in [-0.4, -0.2) is 27.7 Å². The molecule has 4 aromatic rings. The van der Waals surface area contributed by atoms with E-state index in [4.69, 9.17) is 19.4 Å². The third kappa shape index (κ3) is 2.16. The molecule has 0 unspecified atom stereocenters. The molecular formula is C19H19N3O2. The van der Waals surface area contributed by atoms with Crippen molar-refractivity contribution in [2.75, 3.05) is 13.2 Å². The Bertz CT molecular complexity index is 1050. The fraction of sp³-hybridized carbons (Fsp3) is 0.263. The van der Waals surface area contributed by atoms with Crippen molar-refractivity contribution < 1.29 is 9.47 Å². The van der Waals surface area contributed by atoms with Gasteiger partial charge >= 0.3 is 0 Å². The minimum atomic E-state index is 0.579. The molecule has 0 saturated carbocycles. The number of aryl methyl sites for hydroxylation is 1. The van der Waals surface area contributed by atoms with E-state index in [1.807, 2.05) is 45.2 Å². The van der Waals surface area contributed by atoms with Gasteiger partial charge in [0.25, 0.3) is 0 Å². The zero-order chi connectivity index (χ0) is 16.7. The molecule has 0 atom stereocenters. The molecule has 0 spiro atoms. The first-order valence-electron chi connectivity index (χ1n) is 8.17. The first-order chi connectivity index (χ1) is 11.7. The molecule has 2 aromatic heterocycles. The number of para-hydroxylation sites is 1. The van der Waals surface area contributed by atoms with Crippen LogP contribution in [0.15, 0.2) is 36.4 Å². The molecular weight excluding hydrogens is 302 g/mol. The topological polar surface area (TPSA) is 49.2 Å². The van der Waals surface area contributed by atoms with Gasteiger partial charge in [0.2, 0.25) is 0 Å². The number of rotatable bonds is 4. The summed E-state index contributed by atoms with van der Waals surface area (Å²) >= 11 is 0. The predicted octanol–water partition coefficient (Wildman–Crippen LogP) is 4.07. The molecule has 122 valence electrons. The smallest absolute Gasteiger partial charge is 0.163 e. The second-order valence-electron chi connectivity index (χ2n) is 5.63. The molecule has 0 N–H and O–H groups in total. The van der Waals surface area contributed by atoms with Crippen LogP contribution >= 0.6 is 0 Å². The first-order valence-corrected chi connectivity index (χ1v) is 8.17. The van der Waals surface area contributed by atoms with E-state index in [1.165, 1.54) is 0 Å². The van der Waals surface area contributed by atoms with Gasteiger partial charge in [-0.1, -0.05) is 18.2 Å². The zero-order valence-electron chi connectivity index (χ0n) is 14.0. The summed E-state index contributed by atoms with van der Waals surface area (Å²) in [5.74, 6) is 1.42. The zero-order valence-corrected chi connectivity index (χ0v) is 14.0. The van der Waals surface area contributed by atoms with Crippen LogP contribution in [0.25, 0.3) is 33.1 Å². The van der Waals surface area contributed by atoms with E-state index >= 15 is 0 Å². The van der Waals surface area contributed by atoms with Crippen LogP contribution in [0.3, 0.4) is 0 Å². The quantitative estimate of drug-likeness (QED) is 0.568. The van der Waals surface area contributed by atoms with Crippen LogP contribution in [0.2, 0.25) is 0 Å². The molecule has 5 nitrogen and oxygen atoms in total. The minimum absolute atomic E-state index is 0.579. The van der Waals surface area contributed by atoms with E-state index < -0.39 is 0 Å². The number of benzene rings is 2. The lowest BCUT2D eigenvalue weighted by Crippen LogP contribution is -2.00. The molecule has 2 aromatic carbocycles. The first kappa shape index (κ1) is 14.8. The monoisotopic (exact) mass is 321 g/mol. The molecule has 0 radical (unpaired) electrons. The van der Waals surface area contributed by atoms with Crippen molar-refractivity contribution in [3.05, 3.63) is 36.4 Å². The van der Waals surface area contributed by atoms with Crippen molar-refractivity contribution in [1.29, 1.82) is 0 Å². The molecule has 0 amide bonds. The predicted molar refractivity (Wildman–Crippen MR) is 95.9 cm³/mol. The van der Waals surface area contributed by atoms with Crippen LogP contribution < -0.4 is 9.47 Å². The highest BCUT2D eigenvalue weighted by Gasteiger charge is 2.14. The van der Waals surface area contributed by atoms with Gasteiger partial charge in [0.15, 0.2) is 17.1 Å². The fourth-order valence-electron chi connectivity index (χ4n) is 3.09. The number of ether oxygens (including phenoxy) is 2. The average molecular weight is 321 g/mol. The number of hydrogen-bond donors (Lipinski definition) is 0. The van der Waals surface area contributed by atoms with Crippen molar-refractivity contribution in [2.24, 2.45) is 7.05 Å². The SMILES string of the molecule is CCOc1cc2nc3c4ccccc4n(C)c3nc2cc1OCC. The van der Waals surface area contributed by atoms with Crippen LogP contribution in [0.1, 0.15) is 13.8 Å². The Morgan fingerprint density at radius 3 is 2.21 bits per heavy atom. The molecule has 0 aliphatic rings. The van der Waals surface area contributed by atoms with E-state index in [0.717, 1.165) is 33.1 Å². The number of nitrogens with zero attached hydrogens (tertiary/aromatic N) is 3. The molecule has 2 heterocycles. The summed E-state index contributed by atoms with van der Waals surface area (Å²) in [5.41, 5.74) is 4.52. The molecule has 0 fully saturated rings. The summed E-state index contributed by atoms with van der Waals surface area (Å²) in [6.07, 6.45) is 0. The second kappa shape index (κ2) is 5.67. The Labute approximate surface area is 139 Å². The molecule has 4 rings (SSSR count). The Kier molecular flexibility index (Phi) is 3.49. The maximum absolute atomic E-state index is 5.70. The summed E-state index contributed by atoms with van der Waals surface area (Å²) in [4.78, 5) is 9.68. The van der Waals surface area contributed by atoms with Crippen LogP contribution in [0.5, 0.6) is 11.5 Å². The molecule has 24 heavy (non-hydrogen) atoms. The van der Waals surface area contributed by atoms with E-state index in [9.17, 15) is 0 Å². The maximum atomic E-state index is 5.70. The minimum Gasteiger partial charge on any atom is -0.490 e. The lowest BCUT2D eigenvalue weighted by molar-refractivity contribution is 0.288. The van der Waals surface area contributed by atoms with Gasteiger partial charge in [0, 0.05) is 24.6 Å². The van der Waals surface area contributed by atoms with Gasteiger partial charge in [-0.3, -0.25) is 0 Å². The van der Waals surface area contributed by atoms with Gasteiger partial charge in [-0.15, -0.1) is 0 Å². The van der Waals surface area contributed by atoms with Crippen LogP contribution in [0.4, 0.5) is 0 Å². The maximum Gasteiger partial charge on any atom is 0.163 e. The second-order valence-corrected chi connectivity index (χ2v) is 5.63. The van der Waals surface area contributed by atoms with Crippen molar-refractivity contribution >= 4 is 33.1 Å². The van der Waals surface area contributed by atoms with E-state index in [-0.39, 0.29) is 0 Å². The van der Waals surface area contributed by atoms with Crippen LogP contribution in [-0.2, 0) is 7.05 Å². The highest BCUT2D eigenvalue weighted by molar-refractivity contribution is 6.06. The van der Waals surface area contributed by atoms with Crippen LogP contribution in [0, 0.1) is 0 Å². The third-order valence-corrected chi connectivity index (χ3v) is 4.15. The number of fused-ring (bicyclic) bond motifs is 4. The fourth-order valence-corrected chi connectivity index (χ4v) is 3.09. The molecule has 5 heteroatoms. The third-order valence-electron chi connectivity index (χ3n) is 4.15. The van der Waals surface area contributed by atoms with Gasteiger partial charge in [-0.25, -0.2) is 9.97 Å². The van der Waals surface area contributed by atoms with E-state index in [1.54, 1.807) is 0 Å². The Morgan fingerprint density at radius 1 is 0.917 bits per heavy atom. The summed E-state index contributed by atoms with van der Waals surface area (Å²) in [6.45, 7) is 5.07. The molecule has 0 saturated heterocycles. The van der Waals surface area contributed by atoms with E-state index in [2.05, 4.69) is 16.7 Å². The van der Waals surface area contributed by atoms with E-state index in [0.29, 0.717) is 24.7 Å². The highest BCUT2D eigenvalue weighted by Crippen LogP contribution is 2.34. The van der Waals surface area contributed by atoms with Crippen molar-refractivity contribution in [1.82, 2.24) is 14.5 Å². The highest BCUT2D eigenvalue weighted by atomic mass is 16.5. The summed E-state index contributed by atoms with van der Waals surface area (Å²) < 4.78 is 13.5. The Morgan fingerprint density at radius 2 is 1.54 bits per heavy atom. The standard InChI is InChI=1S/C19H19N3O2/c1-4-23-16-10-13-14(11-17(16)24-5-2)21-19-18(20-13)12-8-6-7-9-15(12)22(19)3/h6-11H,4-5H2,1-3H3. The lowest BCUT2D eigenvalue weighted by atomic mass is 10.2. The Hall–Kier alpha value is -2.82. The van der Waals surface area contributed by atoms with Gasteiger partial charge in [-0.2, -0.15) is 0 Å². The Balaban J connectivity index is 2.05. The molecule has 0 aliphatic carbocycles. The van der Waals surface area contributed by atoms with Crippen molar-refractivity contribution in [3.63, 3.8) is 0 Å². The van der Waals surface area contributed by atoms with Gasteiger partial charge in [-0.05, 0) is 19.9 Å². The van der Waals surface area contributed by atoms with Gasteiger partial charge < -0.3 is 14.0 Å². The molecule has 0 bridgehead atoms. The number of aromatic nitrogens is 3. The van der Waals surface area contributed by atoms with Crippen molar-refractivity contribution in [3.8, 4) is 11.5 Å². The van der Waals surface area contributed by atoms with Gasteiger partial charge in [0.1, 0.15) is 5.52 Å². The summed E-state index contributed by atoms with van der Waals surface area (Å²) in [5, 5.41) is 1.11. The molecule has 0 aliphatic heterocycles. The van der Waals surface area contributed by atoms with Gasteiger partial charge in [0.05, 0.1) is 29.8 Å².